The number of carbonyl (C=O) groups excluding carboxylic acids is 1. The molecule has 1 aromatic heterocycles. The molecule has 0 bridgehead atoms. The maximum atomic E-state index is 11.2. The predicted molar refractivity (Wildman–Crippen MR) is 53.2 cm³/mol. The summed E-state index contributed by atoms with van der Waals surface area (Å²) in [5.41, 5.74) is 0. The largest absolute Gasteiger partial charge is 0.295 e. The maximum Gasteiger partial charge on any atom is 0.158 e. The lowest BCUT2D eigenvalue weighted by molar-refractivity contribution is -0.117. The van der Waals surface area contributed by atoms with E-state index in [1.807, 2.05) is 37.4 Å². The first kappa shape index (κ1) is 9.20. The predicted octanol–water partition coefficient (Wildman–Crippen LogP) is 2.99. The highest BCUT2D eigenvalue weighted by Gasteiger charge is 2.00. The lowest BCUT2D eigenvalue weighted by Crippen LogP contribution is -2.01. The minimum atomic E-state index is 0.0983. The van der Waals surface area contributed by atoms with Crippen LogP contribution in [0.1, 0.15) is 18.7 Å². The summed E-state index contributed by atoms with van der Waals surface area (Å²) >= 11 is 1.64. The molecule has 0 atom stereocenters. The molecule has 0 amide bonds. The van der Waals surface area contributed by atoms with Crippen molar-refractivity contribution >= 4 is 23.2 Å². The van der Waals surface area contributed by atoms with E-state index in [9.17, 15) is 4.79 Å². The summed E-state index contributed by atoms with van der Waals surface area (Å²) in [4.78, 5) is 12.3. The molecule has 12 heavy (non-hydrogen) atoms. The van der Waals surface area contributed by atoms with Gasteiger partial charge in [-0.1, -0.05) is 19.9 Å². The maximum absolute atomic E-state index is 11.2. The molecule has 1 rings (SSSR count). The number of hydrogen-bond acceptors (Lipinski definition) is 2. The summed E-state index contributed by atoms with van der Waals surface area (Å²) in [6.07, 6.45) is 3.52. The van der Waals surface area contributed by atoms with Gasteiger partial charge < -0.3 is 0 Å². The molecule has 1 heterocycles. The third-order valence-electron chi connectivity index (χ3n) is 1.52. The molecule has 64 valence electrons. The molecule has 0 saturated carbocycles. The Balaban J connectivity index is 2.57. The third-order valence-corrected chi connectivity index (χ3v) is 2.36. The number of ketones is 1. The molecule has 0 unspecified atom stereocenters. The smallest absolute Gasteiger partial charge is 0.158 e. The molecule has 0 aliphatic carbocycles. The van der Waals surface area contributed by atoms with Crippen LogP contribution in [0.4, 0.5) is 0 Å². The summed E-state index contributed by atoms with van der Waals surface area (Å²) in [5.74, 6) is 0.282. The molecular formula is C10H12OS. The molecule has 0 aromatic carbocycles. The van der Waals surface area contributed by atoms with Gasteiger partial charge in [0.15, 0.2) is 5.78 Å². The van der Waals surface area contributed by atoms with Crippen molar-refractivity contribution in [2.24, 2.45) is 5.92 Å². The molecule has 0 aliphatic rings. The zero-order valence-electron chi connectivity index (χ0n) is 7.28. The number of hydrogen-bond donors (Lipinski definition) is 0. The summed E-state index contributed by atoms with van der Waals surface area (Å²) in [6, 6.07) is 3.97. The Hall–Kier alpha value is -0.890. The van der Waals surface area contributed by atoms with Crippen molar-refractivity contribution in [3.05, 3.63) is 28.5 Å². The van der Waals surface area contributed by atoms with Gasteiger partial charge in [-0.25, -0.2) is 0 Å². The molecule has 1 nitrogen and oxygen atoms in total. The molecule has 1 aromatic rings. The summed E-state index contributed by atoms with van der Waals surface area (Å²) < 4.78 is 0. The van der Waals surface area contributed by atoms with Crippen LogP contribution in [0.25, 0.3) is 6.08 Å². The Morgan fingerprint density at radius 1 is 1.58 bits per heavy atom. The van der Waals surface area contributed by atoms with E-state index < -0.39 is 0 Å². The van der Waals surface area contributed by atoms with Gasteiger partial charge in [0.1, 0.15) is 0 Å². The molecule has 0 fully saturated rings. The van der Waals surface area contributed by atoms with Crippen LogP contribution in [0.15, 0.2) is 23.6 Å². The minimum Gasteiger partial charge on any atom is -0.295 e. The number of allylic oxidation sites excluding steroid dienone is 1. The quantitative estimate of drug-likeness (QED) is 0.653. The van der Waals surface area contributed by atoms with Crippen molar-refractivity contribution in [1.29, 1.82) is 0 Å². The first-order valence-corrected chi connectivity index (χ1v) is 4.83. The van der Waals surface area contributed by atoms with Gasteiger partial charge >= 0.3 is 0 Å². The van der Waals surface area contributed by atoms with E-state index in [4.69, 9.17) is 0 Å². The number of carbonyl (C=O) groups is 1. The number of thiophene rings is 1. The summed E-state index contributed by atoms with van der Waals surface area (Å²) in [7, 11) is 0. The second-order valence-corrected chi connectivity index (χ2v) is 3.89. The van der Waals surface area contributed by atoms with Crippen LogP contribution >= 0.6 is 11.3 Å². The second kappa shape index (κ2) is 4.21. The van der Waals surface area contributed by atoms with Crippen molar-refractivity contribution in [3.8, 4) is 0 Å². The van der Waals surface area contributed by atoms with Crippen LogP contribution in [0.3, 0.4) is 0 Å². The van der Waals surface area contributed by atoms with Gasteiger partial charge in [-0.2, -0.15) is 0 Å². The Morgan fingerprint density at radius 2 is 2.33 bits per heavy atom. The first-order chi connectivity index (χ1) is 5.70. The van der Waals surface area contributed by atoms with Gasteiger partial charge in [-0.05, 0) is 23.6 Å². The highest BCUT2D eigenvalue weighted by Crippen LogP contribution is 2.10. The lowest BCUT2D eigenvalue weighted by atomic mass is 10.1. The Kier molecular flexibility index (Phi) is 3.23. The molecule has 0 radical (unpaired) electrons. The van der Waals surface area contributed by atoms with E-state index in [1.165, 1.54) is 0 Å². The van der Waals surface area contributed by atoms with Crippen molar-refractivity contribution in [3.63, 3.8) is 0 Å². The molecule has 0 N–H and O–H groups in total. The van der Waals surface area contributed by atoms with Crippen LogP contribution in [-0.2, 0) is 4.79 Å². The van der Waals surface area contributed by atoms with Gasteiger partial charge in [-0.15, -0.1) is 11.3 Å². The summed E-state index contributed by atoms with van der Waals surface area (Å²) in [5, 5.41) is 2.00. The van der Waals surface area contributed by atoms with E-state index >= 15 is 0 Å². The van der Waals surface area contributed by atoms with E-state index in [-0.39, 0.29) is 11.7 Å². The molecule has 0 aliphatic heterocycles. The van der Waals surface area contributed by atoms with Crippen LogP contribution in [0, 0.1) is 5.92 Å². The first-order valence-electron chi connectivity index (χ1n) is 3.95. The van der Waals surface area contributed by atoms with Gasteiger partial charge in [0.25, 0.3) is 0 Å². The average molecular weight is 180 g/mol. The molecule has 0 spiro atoms. The van der Waals surface area contributed by atoms with E-state index in [0.29, 0.717) is 0 Å². The van der Waals surface area contributed by atoms with Crippen LogP contribution in [0.5, 0.6) is 0 Å². The fourth-order valence-electron chi connectivity index (χ4n) is 0.743. The average Bonchev–Trinajstić information content (AvgIpc) is 2.51. The van der Waals surface area contributed by atoms with E-state index in [1.54, 1.807) is 17.4 Å². The second-order valence-electron chi connectivity index (χ2n) is 2.91. The third kappa shape index (κ3) is 2.62. The van der Waals surface area contributed by atoms with Gasteiger partial charge in [0.2, 0.25) is 0 Å². The Bertz CT molecular complexity index is 270. The minimum absolute atomic E-state index is 0.0983. The van der Waals surface area contributed by atoms with E-state index in [2.05, 4.69) is 0 Å². The van der Waals surface area contributed by atoms with Crippen molar-refractivity contribution in [1.82, 2.24) is 0 Å². The highest BCUT2D eigenvalue weighted by atomic mass is 32.1. The molecule has 0 saturated heterocycles. The highest BCUT2D eigenvalue weighted by molar-refractivity contribution is 7.10. The standard InChI is InChI=1S/C10H12OS/c1-8(2)10(11)6-5-9-4-3-7-12-9/h3-8H,1-2H3/b6-5+. The van der Waals surface area contributed by atoms with Gasteiger partial charge in [0, 0.05) is 10.8 Å². The Morgan fingerprint density at radius 3 is 2.83 bits per heavy atom. The van der Waals surface area contributed by atoms with Gasteiger partial charge in [-0.3, -0.25) is 4.79 Å². The fraction of sp³-hybridized carbons (Fsp3) is 0.300. The normalized spacial score (nSPS) is 11.2. The SMILES string of the molecule is CC(C)C(=O)/C=C/c1cccs1. The van der Waals surface area contributed by atoms with Crippen molar-refractivity contribution in [2.45, 2.75) is 13.8 Å². The monoisotopic (exact) mass is 180 g/mol. The fourth-order valence-corrected chi connectivity index (χ4v) is 1.36. The molecule has 2 heteroatoms. The summed E-state index contributed by atoms with van der Waals surface area (Å²) in [6.45, 7) is 3.81. The topological polar surface area (TPSA) is 17.1 Å². The van der Waals surface area contributed by atoms with Gasteiger partial charge in [0.05, 0.1) is 0 Å². The van der Waals surface area contributed by atoms with Crippen LogP contribution < -0.4 is 0 Å². The zero-order valence-corrected chi connectivity index (χ0v) is 8.10. The van der Waals surface area contributed by atoms with E-state index in [0.717, 1.165) is 4.88 Å². The number of rotatable bonds is 3. The Labute approximate surface area is 76.7 Å². The van der Waals surface area contributed by atoms with Crippen molar-refractivity contribution in [2.75, 3.05) is 0 Å². The zero-order chi connectivity index (χ0) is 8.97. The lowest BCUT2D eigenvalue weighted by Gasteiger charge is -1.94. The van der Waals surface area contributed by atoms with Crippen molar-refractivity contribution < 1.29 is 4.79 Å². The van der Waals surface area contributed by atoms with Crippen LogP contribution in [-0.4, -0.2) is 5.78 Å². The van der Waals surface area contributed by atoms with Crippen LogP contribution in [0.2, 0.25) is 0 Å². The molecular weight excluding hydrogens is 168 g/mol.